The lowest BCUT2D eigenvalue weighted by Crippen LogP contribution is -2.19. The largest absolute Gasteiger partial charge is 0.328 e. The van der Waals surface area contributed by atoms with Gasteiger partial charge in [-0.2, -0.15) is 0 Å². The van der Waals surface area contributed by atoms with Crippen LogP contribution in [0.2, 0.25) is 0 Å². The van der Waals surface area contributed by atoms with E-state index in [9.17, 15) is 4.79 Å². The standard InChI is InChI=1S/C12H10BrN3O/c1-15-10-6-14-9-4-3-7(13)5-8(9)11(10)16(2)12(15)17/h3-6H,1-2H3. The molecule has 0 saturated carbocycles. The quantitative estimate of drug-likeness (QED) is 0.637. The summed E-state index contributed by atoms with van der Waals surface area (Å²) in [5.41, 5.74) is 2.63. The first-order valence-electron chi connectivity index (χ1n) is 5.19. The van der Waals surface area contributed by atoms with Gasteiger partial charge in [0.25, 0.3) is 0 Å². The Morgan fingerprint density at radius 2 is 2.00 bits per heavy atom. The average molecular weight is 292 g/mol. The van der Waals surface area contributed by atoms with Crippen LogP contribution in [-0.4, -0.2) is 14.1 Å². The van der Waals surface area contributed by atoms with E-state index in [2.05, 4.69) is 20.9 Å². The summed E-state index contributed by atoms with van der Waals surface area (Å²) in [7, 11) is 3.54. The molecule has 5 heteroatoms. The van der Waals surface area contributed by atoms with E-state index in [1.807, 2.05) is 18.2 Å². The predicted molar refractivity (Wildman–Crippen MR) is 71.2 cm³/mol. The Balaban J connectivity index is 2.68. The molecule has 2 heterocycles. The van der Waals surface area contributed by atoms with E-state index in [0.717, 1.165) is 26.4 Å². The number of pyridine rings is 1. The van der Waals surface area contributed by atoms with Crippen LogP contribution < -0.4 is 5.69 Å². The van der Waals surface area contributed by atoms with Crippen LogP contribution in [0.15, 0.2) is 33.7 Å². The summed E-state index contributed by atoms with van der Waals surface area (Å²) in [6.45, 7) is 0. The number of nitrogens with zero attached hydrogens (tertiary/aromatic N) is 3. The Morgan fingerprint density at radius 1 is 1.24 bits per heavy atom. The first-order valence-corrected chi connectivity index (χ1v) is 5.98. The van der Waals surface area contributed by atoms with Gasteiger partial charge in [-0.1, -0.05) is 15.9 Å². The Labute approximate surface area is 106 Å². The molecule has 0 N–H and O–H groups in total. The molecule has 0 saturated heterocycles. The second-order valence-electron chi connectivity index (χ2n) is 4.05. The average Bonchev–Trinajstić information content (AvgIpc) is 2.54. The van der Waals surface area contributed by atoms with Crippen molar-refractivity contribution < 1.29 is 0 Å². The van der Waals surface area contributed by atoms with Crippen LogP contribution in [0.25, 0.3) is 21.9 Å². The fourth-order valence-corrected chi connectivity index (χ4v) is 2.52. The van der Waals surface area contributed by atoms with Gasteiger partial charge < -0.3 is 0 Å². The van der Waals surface area contributed by atoms with Crippen molar-refractivity contribution in [3.8, 4) is 0 Å². The highest BCUT2D eigenvalue weighted by molar-refractivity contribution is 9.10. The number of hydrogen-bond acceptors (Lipinski definition) is 2. The molecule has 2 aromatic heterocycles. The molecule has 86 valence electrons. The predicted octanol–water partition coefficient (Wildman–Crippen LogP) is 2.19. The SMILES string of the molecule is Cn1c(=O)n(C)c2c3cc(Br)ccc3ncc21. The van der Waals surface area contributed by atoms with Crippen LogP contribution in [0.5, 0.6) is 0 Å². The molecule has 0 fully saturated rings. The molecule has 0 aliphatic rings. The lowest BCUT2D eigenvalue weighted by atomic mass is 10.2. The Kier molecular flexibility index (Phi) is 2.13. The van der Waals surface area contributed by atoms with Crippen molar-refractivity contribution >= 4 is 37.9 Å². The molecular formula is C12H10BrN3O. The molecule has 0 radical (unpaired) electrons. The Hall–Kier alpha value is -1.62. The fraction of sp³-hybridized carbons (Fsp3) is 0.167. The van der Waals surface area contributed by atoms with Gasteiger partial charge in [0, 0.05) is 24.0 Å². The zero-order valence-electron chi connectivity index (χ0n) is 9.44. The Morgan fingerprint density at radius 3 is 2.76 bits per heavy atom. The van der Waals surface area contributed by atoms with Gasteiger partial charge in [-0.25, -0.2) is 4.79 Å². The third-order valence-electron chi connectivity index (χ3n) is 3.05. The fourth-order valence-electron chi connectivity index (χ4n) is 2.16. The van der Waals surface area contributed by atoms with Crippen molar-refractivity contribution in [2.45, 2.75) is 0 Å². The van der Waals surface area contributed by atoms with Gasteiger partial charge in [0.1, 0.15) is 0 Å². The summed E-state index contributed by atoms with van der Waals surface area (Å²) in [5, 5.41) is 0.983. The molecule has 0 aliphatic heterocycles. The monoisotopic (exact) mass is 291 g/mol. The van der Waals surface area contributed by atoms with Gasteiger partial charge >= 0.3 is 5.69 Å². The molecule has 4 nitrogen and oxygen atoms in total. The lowest BCUT2D eigenvalue weighted by molar-refractivity contribution is 0.795. The zero-order valence-corrected chi connectivity index (χ0v) is 11.0. The summed E-state index contributed by atoms with van der Waals surface area (Å²) >= 11 is 3.45. The number of halogens is 1. The number of aromatic nitrogens is 3. The van der Waals surface area contributed by atoms with Crippen LogP contribution >= 0.6 is 15.9 Å². The summed E-state index contributed by atoms with van der Waals surface area (Å²) < 4.78 is 4.25. The normalized spacial score (nSPS) is 11.5. The van der Waals surface area contributed by atoms with E-state index in [4.69, 9.17) is 0 Å². The van der Waals surface area contributed by atoms with Crippen molar-refractivity contribution in [1.29, 1.82) is 0 Å². The summed E-state index contributed by atoms with van der Waals surface area (Å²) in [6, 6.07) is 5.88. The summed E-state index contributed by atoms with van der Waals surface area (Å²) in [6.07, 6.45) is 1.74. The van der Waals surface area contributed by atoms with Gasteiger partial charge in [0.05, 0.1) is 22.7 Å². The first kappa shape index (κ1) is 10.5. The number of benzene rings is 1. The highest BCUT2D eigenvalue weighted by Crippen LogP contribution is 2.25. The number of hydrogen-bond donors (Lipinski definition) is 0. The molecule has 1 aromatic carbocycles. The third-order valence-corrected chi connectivity index (χ3v) is 3.55. The third kappa shape index (κ3) is 1.35. The molecule has 0 atom stereocenters. The second kappa shape index (κ2) is 3.43. The van der Waals surface area contributed by atoms with Crippen LogP contribution in [0, 0.1) is 0 Å². The minimum Gasteiger partial charge on any atom is -0.294 e. The minimum atomic E-state index is -0.0331. The summed E-state index contributed by atoms with van der Waals surface area (Å²) in [5.74, 6) is 0. The number of rotatable bonds is 0. The minimum absolute atomic E-state index is 0.0331. The van der Waals surface area contributed by atoms with Crippen molar-refractivity contribution in [2.24, 2.45) is 14.1 Å². The van der Waals surface area contributed by atoms with E-state index in [-0.39, 0.29) is 5.69 Å². The maximum Gasteiger partial charge on any atom is 0.328 e. The van der Waals surface area contributed by atoms with Gasteiger partial charge in [-0.15, -0.1) is 0 Å². The first-order chi connectivity index (χ1) is 8.09. The molecule has 3 rings (SSSR count). The molecular weight excluding hydrogens is 282 g/mol. The van der Waals surface area contributed by atoms with Crippen LogP contribution in [-0.2, 0) is 14.1 Å². The molecule has 3 aromatic rings. The van der Waals surface area contributed by atoms with Gasteiger partial charge in [0.2, 0.25) is 0 Å². The van der Waals surface area contributed by atoms with Crippen LogP contribution in [0.1, 0.15) is 0 Å². The second-order valence-corrected chi connectivity index (χ2v) is 4.97. The molecule has 0 spiro atoms. The van der Waals surface area contributed by atoms with E-state index < -0.39 is 0 Å². The molecule has 0 aliphatic carbocycles. The topological polar surface area (TPSA) is 39.8 Å². The van der Waals surface area contributed by atoms with E-state index in [1.54, 1.807) is 29.4 Å². The smallest absolute Gasteiger partial charge is 0.294 e. The molecule has 0 bridgehead atoms. The number of fused-ring (bicyclic) bond motifs is 3. The lowest BCUT2D eigenvalue weighted by Gasteiger charge is -2.01. The molecule has 0 unspecified atom stereocenters. The highest BCUT2D eigenvalue weighted by Gasteiger charge is 2.11. The van der Waals surface area contributed by atoms with Crippen LogP contribution in [0.4, 0.5) is 0 Å². The molecule has 17 heavy (non-hydrogen) atoms. The van der Waals surface area contributed by atoms with E-state index in [0.29, 0.717) is 0 Å². The van der Waals surface area contributed by atoms with Crippen molar-refractivity contribution in [3.63, 3.8) is 0 Å². The van der Waals surface area contributed by atoms with Gasteiger partial charge in [-0.3, -0.25) is 14.1 Å². The van der Waals surface area contributed by atoms with Crippen molar-refractivity contribution in [2.75, 3.05) is 0 Å². The van der Waals surface area contributed by atoms with Crippen LogP contribution in [0.3, 0.4) is 0 Å². The number of imidazole rings is 1. The number of aryl methyl sites for hydroxylation is 2. The van der Waals surface area contributed by atoms with E-state index in [1.165, 1.54) is 0 Å². The Bertz CT molecular complexity index is 801. The molecule has 0 amide bonds. The van der Waals surface area contributed by atoms with Gasteiger partial charge in [-0.05, 0) is 18.2 Å². The van der Waals surface area contributed by atoms with Gasteiger partial charge in [0.15, 0.2) is 0 Å². The maximum atomic E-state index is 11.9. The zero-order chi connectivity index (χ0) is 12.2. The van der Waals surface area contributed by atoms with Crippen molar-refractivity contribution in [1.82, 2.24) is 14.1 Å². The van der Waals surface area contributed by atoms with Crippen molar-refractivity contribution in [3.05, 3.63) is 39.4 Å². The summed E-state index contributed by atoms with van der Waals surface area (Å²) in [4.78, 5) is 16.3. The highest BCUT2D eigenvalue weighted by atomic mass is 79.9. The van der Waals surface area contributed by atoms with E-state index >= 15 is 0 Å². The maximum absolute atomic E-state index is 11.9.